The maximum atomic E-state index is 4.13. The first-order chi connectivity index (χ1) is 11.9. The quantitative estimate of drug-likeness (QED) is 0.918. The van der Waals surface area contributed by atoms with Crippen LogP contribution in [0.2, 0.25) is 0 Å². The highest BCUT2D eigenvalue weighted by atomic mass is 15.3. The molecule has 2 aliphatic heterocycles. The number of benzene rings is 1. The summed E-state index contributed by atoms with van der Waals surface area (Å²) >= 11 is 0. The van der Waals surface area contributed by atoms with E-state index in [9.17, 15) is 0 Å². The van der Waals surface area contributed by atoms with E-state index in [1.807, 2.05) is 6.20 Å². The van der Waals surface area contributed by atoms with Crippen molar-refractivity contribution in [2.45, 2.75) is 37.6 Å². The number of rotatable bonds is 5. The van der Waals surface area contributed by atoms with Crippen molar-refractivity contribution < 1.29 is 0 Å². The van der Waals surface area contributed by atoms with Crippen molar-refractivity contribution in [2.75, 3.05) is 32.7 Å². The van der Waals surface area contributed by atoms with Crippen LogP contribution >= 0.6 is 0 Å². The van der Waals surface area contributed by atoms with Gasteiger partial charge in [-0.3, -0.25) is 10.00 Å². The number of H-pyrrole nitrogens is 1. The van der Waals surface area contributed by atoms with Crippen LogP contribution in [-0.4, -0.2) is 58.8 Å². The van der Waals surface area contributed by atoms with E-state index in [2.05, 4.69) is 56.5 Å². The van der Waals surface area contributed by atoms with Gasteiger partial charge in [-0.1, -0.05) is 30.3 Å². The second kappa shape index (κ2) is 7.49. The smallest absolute Gasteiger partial charge is 0.0522 e. The molecule has 0 unspecified atom stereocenters. The van der Waals surface area contributed by atoms with Crippen molar-refractivity contribution >= 4 is 0 Å². The molecule has 1 aromatic carbocycles. The molecule has 0 aliphatic carbocycles. The molecule has 0 amide bonds. The molecule has 0 radical (unpaired) electrons. The predicted octanol–water partition coefficient (Wildman–Crippen LogP) is 2.91. The highest BCUT2D eigenvalue weighted by Crippen LogP contribution is 2.29. The Balaban J connectivity index is 1.28. The summed E-state index contributed by atoms with van der Waals surface area (Å²) in [4.78, 5) is 5.39. The standard InChI is InChI=1S/C20H28N4/c1-2-5-17(6-3-1)8-11-23-12-9-20(16-23)24-10-4-7-18(15-24)19-13-21-22-14-19/h1-3,5-6,13-14,18,20H,4,7-12,15-16H2,(H,21,22)/t18-,20+/m1/s1. The van der Waals surface area contributed by atoms with E-state index in [0.717, 1.165) is 6.04 Å². The summed E-state index contributed by atoms with van der Waals surface area (Å²) < 4.78 is 0. The van der Waals surface area contributed by atoms with Gasteiger partial charge in [0.2, 0.25) is 0 Å². The Morgan fingerprint density at radius 3 is 2.83 bits per heavy atom. The minimum Gasteiger partial charge on any atom is -0.301 e. The van der Waals surface area contributed by atoms with E-state index >= 15 is 0 Å². The number of aromatic amines is 1. The first kappa shape index (κ1) is 15.9. The molecule has 2 atom stereocenters. The number of aromatic nitrogens is 2. The lowest BCUT2D eigenvalue weighted by Gasteiger charge is -2.36. The monoisotopic (exact) mass is 324 g/mol. The van der Waals surface area contributed by atoms with E-state index in [1.165, 1.54) is 69.5 Å². The van der Waals surface area contributed by atoms with Crippen molar-refractivity contribution in [3.05, 3.63) is 53.9 Å². The number of nitrogens with zero attached hydrogens (tertiary/aromatic N) is 3. The van der Waals surface area contributed by atoms with Crippen LogP contribution in [0.15, 0.2) is 42.7 Å². The van der Waals surface area contributed by atoms with Gasteiger partial charge < -0.3 is 4.90 Å². The van der Waals surface area contributed by atoms with Gasteiger partial charge in [0, 0.05) is 31.9 Å². The summed E-state index contributed by atoms with van der Waals surface area (Å²) in [5, 5.41) is 7.11. The van der Waals surface area contributed by atoms with Crippen molar-refractivity contribution in [3.8, 4) is 0 Å². The Bertz CT molecular complexity index is 610. The predicted molar refractivity (Wildman–Crippen MR) is 97.1 cm³/mol. The molecule has 2 aromatic rings. The Morgan fingerprint density at radius 2 is 2.00 bits per heavy atom. The Labute approximate surface area is 144 Å². The van der Waals surface area contributed by atoms with E-state index < -0.39 is 0 Å². The maximum Gasteiger partial charge on any atom is 0.0522 e. The third kappa shape index (κ3) is 3.70. The van der Waals surface area contributed by atoms with Gasteiger partial charge in [-0.05, 0) is 55.8 Å². The highest BCUT2D eigenvalue weighted by molar-refractivity contribution is 5.15. The van der Waals surface area contributed by atoms with E-state index in [0.29, 0.717) is 5.92 Å². The maximum absolute atomic E-state index is 4.13. The molecular weight excluding hydrogens is 296 g/mol. The minimum absolute atomic E-state index is 0.663. The summed E-state index contributed by atoms with van der Waals surface area (Å²) in [6.07, 6.45) is 9.21. The second-order valence-corrected chi connectivity index (χ2v) is 7.34. The van der Waals surface area contributed by atoms with Crippen LogP contribution in [0.4, 0.5) is 0 Å². The molecule has 0 saturated carbocycles. The molecule has 4 nitrogen and oxygen atoms in total. The average molecular weight is 324 g/mol. The average Bonchev–Trinajstić information content (AvgIpc) is 3.33. The van der Waals surface area contributed by atoms with Gasteiger partial charge in [-0.25, -0.2) is 0 Å². The fourth-order valence-corrected chi connectivity index (χ4v) is 4.34. The first-order valence-corrected chi connectivity index (χ1v) is 9.37. The zero-order chi connectivity index (χ0) is 16.2. The fraction of sp³-hybridized carbons (Fsp3) is 0.550. The van der Waals surface area contributed by atoms with Gasteiger partial charge in [-0.15, -0.1) is 0 Å². The molecule has 0 spiro atoms. The summed E-state index contributed by atoms with van der Waals surface area (Å²) in [6.45, 7) is 6.16. The molecule has 24 heavy (non-hydrogen) atoms. The summed E-state index contributed by atoms with van der Waals surface area (Å²) in [6, 6.07) is 11.6. The van der Waals surface area contributed by atoms with Crippen LogP contribution in [0.1, 0.15) is 36.3 Å². The van der Waals surface area contributed by atoms with Crippen LogP contribution in [0.5, 0.6) is 0 Å². The summed E-state index contributed by atoms with van der Waals surface area (Å²) in [5.74, 6) is 0.663. The van der Waals surface area contributed by atoms with Gasteiger partial charge in [0.1, 0.15) is 0 Å². The molecular formula is C20H28N4. The number of hydrogen-bond acceptors (Lipinski definition) is 3. The van der Waals surface area contributed by atoms with E-state index in [-0.39, 0.29) is 0 Å². The molecule has 1 N–H and O–H groups in total. The van der Waals surface area contributed by atoms with Gasteiger partial charge in [0.15, 0.2) is 0 Å². The Hall–Kier alpha value is -1.65. The molecule has 1 aromatic heterocycles. The van der Waals surface area contributed by atoms with Crippen LogP contribution in [0, 0.1) is 0 Å². The molecule has 2 aliphatic rings. The molecule has 0 bridgehead atoms. The van der Waals surface area contributed by atoms with Gasteiger partial charge in [0.05, 0.1) is 6.20 Å². The number of hydrogen-bond donors (Lipinski definition) is 1. The third-order valence-corrected chi connectivity index (χ3v) is 5.77. The normalized spacial score (nSPS) is 26.0. The first-order valence-electron chi connectivity index (χ1n) is 9.37. The molecule has 4 heteroatoms. The molecule has 128 valence electrons. The summed E-state index contributed by atoms with van der Waals surface area (Å²) in [7, 11) is 0. The minimum atomic E-state index is 0.663. The van der Waals surface area contributed by atoms with Crippen molar-refractivity contribution in [2.24, 2.45) is 0 Å². The largest absolute Gasteiger partial charge is 0.301 e. The SMILES string of the molecule is c1ccc(CCN2CC[C@H](N3CCC[C@@H](c4cn[nH]c4)C3)C2)cc1. The third-order valence-electron chi connectivity index (χ3n) is 5.77. The number of nitrogens with one attached hydrogen (secondary N) is 1. The van der Waals surface area contributed by atoms with E-state index in [4.69, 9.17) is 0 Å². The molecule has 3 heterocycles. The lowest BCUT2D eigenvalue weighted by atomic mass is 9.92. The number of piperidine rings is 1. The lowest BCUT2D eigenvalue weighted by Crippen LogP contribution is -2.43. The number of likely N-dealkylation sites (tertiary alicyclic amines) is 2. The fourth-order valence-electron chi connectivity index (χ4n) is 4.34. The zero-order valence-corrected chi connectivity index (χ0v) is 14.4. The summed E-state index contributed by atoms with van der Waals surface area (Å²) in [5.41, 5.74) is 2.84. The zero-order valence-electron chi connectivity index (χ0n) is 14.4. The van der Waals surface area contributed by atoms with Crippen molar-refractivity contribution in [3.63, 3.8) is 0 Å². The van der Waals surface area contributed by atoms with Crippen molar-refractivity contribution in [1.29, 1.82) is 0 Å². The molecule has 2 fully saturated rings. The second-order valence-electron chi connectivity index (χ2n) is 7.34. The van der Waals surface area contributed by atoms with Gasteiger partial charge in [0.25, 0.3) is 0 Å². The molecule has 4 rings (SSSR count). The van der Waals surface area contributed by atoms with Crippen LogP contribution in [-0.2, 0) is 6.42 Å². The highest BCUT2D eigenvalue weighted by Gasteiger charge is 2.31. The van der Waals surface area contributed by atoms with E-state index in [1.54, 1.807) is 0 Å². The van der Waals surface area contributed by atoms with Gasteiger partial charge >= 0.3 is 0 Å². The van der Waals surface area contributed by atoms with Crippen molar-refractivity contribution in [1.82, 2.24) is 20.0 Å². The Kier molecular flexibility index (Phi) is 4.95. The molecule has 2 saturated heterocycles. The van der Waals surface area contributed by atoms with Crippen LogP contribution in [0.3, 0.4) is 0 Å². The lowest BCUT2D eigenvalue weighted by molar-refractivity contribution is 0.148. The van der Waals surface area contributed by atoms with Crippen LogP contribution < -0.4 is 0 Å². The van der Waals surface area contributed by atoms with Crippen LogP contribution in [0.25, 0.3) is 0 Å². The Morgan fingerprint density at radius 1 is 1.08 bits per heavy atom. The van der Waals surface area contributed by atoms with Gasteiger partial charge in [-0.2, -0.15) is 5.10 Å². The topological polar surface area (TPSA) is 35.2 Å².